The fourth-order valence-corrected chi connectivity index (χ4v) is 1.84. The van der Waals surface area contributed by atoms with E-state index in [1.165, 1.54) is 0 Å². The van der Waals surface area contributed by atoms with Crippen LogP contribution in [0.5, 0.6) is 5.75 Å². The number of hydrogen-bond acceptors (Lipinski definition) is 5. The molecule has 0 radical (unpaired) electrons. The third-order valence-electron chi connectivity index (χ3n) is 2.92. The van der Waals surface area contributed by atoms with Crippen LogP contribution < -0.4 is 10.1 Å². The third kappa shape index (κ3) is 3.80. The van der Waals surface area contributed by atoms with E-state index in [0.29, 0.717) is 9.80 Å². The molecular formula is C13H10F3N3O5. The minimum Gasteiger partial charge on any atom is -0.406 e. The number of carbonyl (C=O) groups is 4. The van der Waals surface area contributed by atoms with Gasteiger partial charge < -0.3 is 10.1 Å². The van der Waals surface area contributed by atoms with E-state index < -0.39 is 42.4 Å². The van der Waals surface area contributed by atoms with E-state index in [1.807, 2.05) is 0 Å². The molecular weight excluding hydrogens is 335 g/mol. The van der Waals surface area contributed by atoms with Gasteiger partial charge in [0.15, 0.2) is 0 Å². The number of amides is 5. The molecule has 1 heterocycles. The van der Waals surface area contributed by atoms with Crippen LogP contribution in [0.15, 0.2) is 24.3 Å². The second kappa shape index (κ2) is 6.18. The zero-order valence-electron chi connectivity index (χ0n) is 12.1. The lowest BCUT2D eigenvalue weighted by molar-refractivity contribution is -0.274. The largest absolute Gasteiger partial charge is 0.573 e. The number of imide groups is 2. The summed E-state index contributed by atoms with van der Waals surface area (Å²) in [5.74, 6) is -3.46. The van der Waals surface area contributed by atoms with Crippen molar-refractivity contribution >= 4 is 29.4 Å². The minimum absolute atomic E-state index is 0.119. The zero-order chi connectivity index (χ0) is 18.1. The predicted octanol–water partition coefficient (Wildman–Crippen LogP) is 0.944. The van der Waals surface area contributed by atoms with E-state index in [-0.39, 0.29) is 5.69 Å². The number of urea groups is 1. The Morgan fingerprint density at radius 3 is 2.17 bits per heavy atom. The topological polar surface area (TPSA) is 96.0 Å². The molecule has 0 spiro atoms. The Morgan fingerprint density at radius 1 is 1.12 bits per heavy atom. The van der Waals surface area contributed by atoms with Gasteiger partial charge in [0.05, 0.1) is 0 Å². The first-order chi connectivity index (χ1) is 11.1. The number of alkyl halides is 3. The van der Waals surface area contributed by atoms with Crippen LogP contribution in [0.25, 0.3) is 0 Å². The average Bonchev–Trinajstić information content (AvgIpc) is 2.66. The van der Waals surface area contributed by atoms with Gasteiger partial charge in [0.2, 0.25) is 5.91 Å². The fraction of sp³-hybridized carbons (Fsp3) is 0.231. The fourth-order valence-electron chi connectivity index (χ4n) is 1.84. The number of anilines is 1. The molecule has 0 unspecified atom stereocenters. The van der Waals surface area contributed by atoms with E-state index >= 15 is 0 Å². The standard InChI is InChI=1S/C13H10F3N3O5/c1-18-10(21)11(22)19(12(18)23)6-9(20)17-7-2-4-8(5-3-7)24-13(14,15)16/h2-5H,6H2,1H3,(H,17,20). The summed E-state index contributed by atoms with van der Waals surface area (Å²) in [5.41, 5.74) is 0.119. The Bertz CT molecular complexity index is 702. The molecule has 11 heteroatoms. The van der Waals surface area contributed by atoms with Crippen molar-refractivity contribution in [3.05, 3.63) is 24.3 Å². The van der Waals surface area contributed by atoms with Gasteiger partial charge in [-0.1, -0.05) is 0 Å². The molecule has 128 valence electrons. The second-order valence-electron chi connectivity index (χ2n) is 4.66. The first kappa shape index (κ1) is 17.2. The molecule has 1 N–H and O–H groups in total. The van der Waals surface area contributed by atoms with Crippen molar-refractivity contribution in [1.82, 2.24) is 9.80 Å². The van der Waals surface area contributed by atoms with Crippen LogP contribution in [0.4, 0.5) is 23.7 Å². The van der Waals surface area contributed by atoms with Crippen LogP contribution in [0.3, 0.4) is 0 Å². The normalized spacial score (nSPS) is 15.1. The summed E-state index contributed by atoms with van der Waals surface area (Å²) < 4.78 is 39.7. The Labute approximate surface area is 132 Å². The molecule has 1 saturated heterocycles. The molecule has 1 aromatic rings. The predicted molar refractivity (Wildman–Crippen MR) is 71.6 cm³/mol. The van der Waals surface area contributed by atoms with E-state index in [0.717, 1.165) is 31.3 Å². The molecule has 0 aromatic heterocycles. The van der Waals surface area contributed by atoms with E-state index in [4.69, 9.17) is 0 Å². The molecule has 0 aliphatic carbocycles. The van der Waals surface area contributed by atoms with E-state index in [2.05, 4.69) is 10.1 Å². The number of hydrogen-bond donors (Lipinski definition) is 1. The van der Waals surface area contributed by atoms with Crippen molar-refractivity contribution in [2.45, 2.75) is 6.36 Å². The van der Waals surface area contributed by atoms with Crippen LogP contribution in [-0.4, -0.2) is 53.5 Å². The van der Waals surface area contributed by atoms with Crippen LogP contribution in [0.2, 0.25) is 0 Å². The first-order valence-corrected chi connectivity index (χ1v) is 6.37. The number of halogens is 3. The Kier molecular flexibility index (Phi) is 4.44. The van der Waals surface area contributed by atoms with Crippen LogP contribution in [0, 0.1) is 0 Å². The molecule has 2 rings (SSSR count). The second-order valence-corrected chi connectivity index (χ2v) is 4.66. The lowest BCUT2D eigenvalue weighted by Crippen LogP contribution is -2.38. The Hall–Kier alpha value is -3.11. The van der Waals surface area contributed by atoms with Gasteiger partial charge in [-0.05, 0) is 24.3 Å². The molecule has 0 bridgehead atoms. The molecule has 0 atom stereocenters. The molecule has 1 aliphatic rings. The van der Waals surface area contributed by atoms with Gasteiger partial charge in [-0.3, -0.25) is 19.3 Å². The van der Waals surface area contributed by atoms with Crippen LogP contribution >= 0.6 is 0 Å². The van der Waals surface area contributed by atoms with Crippen LogP contribution in [-0.2, 0) is 14.4 Å². The molecule has 5 amide bonds. The molecule has 1 aliphatic heterocycles. The minimum atomic E-state index is -4.83. The Morgan fingerprint density at radius 2 is 1.71 bits per heavy atom. The van der Waals surface area contributed by atoms with Crippen LogP contribution in [0.1, 0.15) is 0 Å². The van der Waals surface area contributed by atoms with Gasteiger partial charge in [0.25, 0.3) is 0 Å². The van der Waals surface area contributed by atoms with Gasteiger partial charge in [-0.2, -0.15) is 0 Å². The zero-order valence-corrected chi connectivity index (χ0v) is 12.1. The summed E-state index contributed by atoms with van der Waals surface area (Å²) in [4.78, 5) is 47.2. The van der Waals surface area contributed by atoms with Crippen molar-refractivity contribution in [3.8, 4) is 5.75 Å². The summed E-state index contributed by atoms with van der Waals surface area (Å²) in [5, 5.41) is 2.28. The molecule has 1 fully saturated rings. The lowest BCUT2D eigenvalue weighted by Gasteiger charge is -2.13. The monoisotopic (exact) mass is 345 g/mol. The molecule has 1 aromatic carbocycles. The molecule has 8 nitrogen and oxygen atoms in total. The highest BCUT2D eigenvalue weighted by molar-refractivity contribution is 6.44. The maximum absolute atomic E-state index is 12.0. The Balaban J connectivity index is 1.97. The number of likely N-dealkylation sites (N-methyl/N-ethyl adjacent to an activating group) is 1. The summed E-state index contributed by atoms with van der Waals surface area (Å²) >= 11 is 0. The maximum Gasteiger partial charge on any atom is 0.573 e. The highest BCUT2D eigenvalue weighted by Crippen LogP contribution is 2.24. The van der Waals surface area contributed by atoms with Gasteiger partial charge in [-0.25, -0.2) is 9.69 Å². The highest BCUT2D eigenvalue weighted by atomic mass is 19.4. The first-order valence-electron chi connectivity index (χ1n) is 6.37. The summed E-state index contributed by atoms with van der Waals surface area (Å²) in [6.45, 7) is -0.700. The number of carbonyl (C=O) groups excluding carboxylic acids is 4. The third-order valence-corrected chi connectivity index (χ3v) is 2.92. The number of rotatable bonds is 4. The number of ether oxygens (including phenoxy) is 1. The van der Waals surface area contributed by atoms with Crippen molar-refractivity contribution in [3.63, 3.8) is 0 Å². The maximum atomic E-state index is 12.0. The summed E-state index contributed by atoms with van der Waals surface area (Å²) in [7, 11) is 1.10. The lowest BCUT2D eigenvalue weighted by atomic mass is 10.3. The van der Waals surface area contributed by atoms with Crippen molar-refractivity contribution < 1.29 is 37.1 Å². The van der Waals surface area contributed by atoms with E-state index in [1.54, 1.807) is 0 Å². The van der Waals surface area contributed by atoms with Crippen molar-refractivity contribution in [1.29, 1.82) is 0 Å². The quantitative estimate of drug-likeness (QED) is 0.647. The van der Waals surface area contributed by atoms with E-state index in [9.17, 15) is 32.3 Å². The average molecular weight is 345 g/mol. The van der Waals surface area contributed by atoms with Gasteiger partial charge in [-0.15, -0.1) is 13.2 Å². The van der Waals surface area contributed by atoms with Crippen molar-refractivity contribution in [2.24, 2.45) is 0 Å². The SMILES string of the molecule is CN1C(=O)C(=O)N(CC(=O)Nc2ccc(OC(F)(F)F)cc2)C1=O. The number of nitrogens with one attached hydrogen (secondary N) is 1. The van der Waals surface area contributed by atoms with Gasteiger partial charge >= 0.3 is 24.2 Å². The molecule has 0 saturated carbocycles. The van der Waals surface area contributed by atoms with Gasteiger partial charge in [0, 0.05) is 12.7 Å². The van der Waals surface area contributed by atoms with Gasteiger partial charge in [0.1, 0.15) is 12.3 Å². The molecule has 24 heavy (non-hydrogen) atoms. The number of benzene rings is 1. The smallest absolute Gasteiger partial charge is 0.406 e. The summed E-state index contributed by atoms with van der Waals surface area (Å²) in [6.07, 6.45) is -4.83. The van der Waals surface area contributed by atoms with Crippen molar-refractivity contribution in [2.75, 3.05) is 18.9 Å². The summed E-state index contributed by atoms with van der Waals surface area (Å²) in [6, 6.07) is 3.31. The number of nitrogens with zero attached hydrogens (tertiary/aromatic N) is 2. The highest BCUT2D eigenvalue weighted by Gasteiger charge is 2.43.